The Kier molecular flexibility index (Phi) is 6.08. The van der Waals surface area contributed by atoms with E-state index >= 15 is 0 Å². The van der Waals surface area contributed by atoms with Gasteiger partial charge in [-0.15, -0.1) is 0 Å². The number of hydrogen-bond donors (Lipinski definition) is 1. The summed E-state index contributed by atoms with van der Waals surface area (Å²) >= 11 is 3.34. The maximum Gasteiger partial charge on any atom is 0.195 e. The summed E-state index contributed by atoms with van der Waals surface area (Å²) in [6.45, 7) is 2.52. The maximum absolute atomic E-state index is 13.0. The fourth-order valence-corrected chi connectivity index (χ4v) is 2.82. The van der Waals surface area contributed by atoms with Crippen LogP contribution in [0.25, 0.3) is 0 Å². The number of hydrogen-bond acceptors (Lipinski definition) is 3. The summed E-state index contributed by atoms with van der Waals surface area (Å²) in [5.41, 5.74) is 3.79. The van der Waals surface area contributed by atoms with E-state index in [9.17, 15) is 4.79 Å². The van der Waals surface area contributed by atoms with Gasteiger partial charge in [0.2, 0.25) is 0 Å². The largest absolute Gasteiger partial charge is 0.492 e. The molecule has 3 rings (SSSR count). The second-order valence-electron chi connectivity index (χ2n) is 5.78. The fourth-order valence-electron chi connectivity index (χ4n) is 2.66. The van der Waals surface area contributed by atoms with Crippen LogP contribution in [0.5, 0.6) is 5.75 Å². The van der Waals surface area contributed by atoms with Gasteiger partial charge in [-0.25, -0.2) is 0 Å². The highest BCUT2D eigenvalue weighted by Gasteiger charge is 2.15. The van der Waals surface area contributed by atoms with E-state index in [1.807, 2.05) is 73.7 Å². The molecule has 0 atom stereocenters. The molecule has 0 spiro atoms. The number of carbonyl (C=O) groups is 1. The van der Waals surface area contributed by atoms with Gasteiger partial charge in [0, 0.05) is 22.1 Å². The van der Waals surface area contributed by atoms with Crippen LogP contribution in [0.15, 0.2) is 66.7 Å². The van der Waals surface area contributed by atoms with Crippen molar-refractivity contribution in [2.75, 3.05) is 17.3 Å². The molecule has 0 aromatic heterocycles. The van der Waals surface area contributed by atoms with Crippen LogP contribution in [0.1, 0.15) is 21.5 Å². The van der Waals surface area contributed by atoms with Gasteiger partial charge in [-0.05, 0) is 36.8 Å². The Labute approximate surface area is 162 Å². The third kappa shape index (κ3) is 4.33. The molecule has 0 bridgehead atoms. The number of alkyl halides is 1. The van der Waals surface area contributed by atoms with Gasteiger partial charge in [-0.2, -0.15) is 0 Å². The number of ketones is 1. The highest BCUT2D eigenvalue weighted by molar-refractivity contribution is 9.09. The van der Waals surface area contributed by atoms with Crippen molar-refractivity contribution in [3.05, 3.63) is 89.5 Å². The first-order chi connectivity index (χ1) is 12.7. The van der Waals surface area contributed by atoms with Gasteiger partial charge in [0.25, 0.3) is 0 Å². The number of rotatable bonds is 7. The summed E-state index contributed by atoms with van der Waals surface area (Å²) in [5, 5.41) is 4.05. The smallest absolute Gasteiger partial charge is 0.195 e. The van der Waals surface area contributed by atoms with Crippen LogP contribution in [0.4, 0.5) is 11.4 Å². The minimum absolute atomic E-state index is 0.00195. The number of aryl methyl sites for hydroxylation is 1. The molecule has 26 heavy (non-hydrogen) atoms. The molecule has 131 valence electrons. The Morgan fingerprint density at radius 1 is 1.00 bits per heavy atom. The first kappa shape index (κ1) is 18.2. The lowest BCUT2D eigenvalue weighted by Crippen LogP contribution is -2.07. The number of para-hydroxylation sites is 1. The molecule has 0 saturated heterocycles. The Morgan fingerprint density at radius 2 is 1.73 bits per heavy atom. The number of carbonyl (C=O) groups excluding carboxylic acids is 1. The zero-order valence-electron chi connectivity index (χ0n) is 14.5. The number of nitrogens with one attached hydrogen (secondary N) is 1. The summed E-state index contributed by atoms with van der Waals surface area (Å²) in [7, 11) is 0. The van der Waals surface area contributed by atoms with E-state index in [0.29, 0.717) is 23.5 Å². The van der Waals surface area contributed by atoms with Gasteiger partial charge in [0.15, 0.2) is 5.78 Å². The quantitative estimate of drug-likeness (QED) is 0.411. The average molecular weight is 409 g/mol. The Hall–Kier alpha value is -2.59. The molecule has 1 N–H and O–H groups in total. The molecule has 0 fully saturated rings. The van der Waals surface area contributed by atoms with Crippen LogP contribution >= 0.6 is 15.9 Å². The zero-order valence-corrected chi connectivity index (χ0v) is 16.0. The third-order valence-corrected chi connectivity index (χ3v) is 4.26. The van der Waals surface area contributed by atoms with Crippen LogP contribution in [-0.4, -0.2) is 17.7 Å². The average Bonchev–Trinajstić information content (AvgIpc) is 2.67. The monoisotopic (exact) mass is 408 g/mol. The topological polar surface area (TPSA) is 38.3 Å². The molecule has 3 nitrogen and oxygen atoms in total. The number of halogens is 1. The molecular formula is C22H19BrNO2. The normalized spacial score (nSPS) is 10.4. The van der Waals surface area contributed by atoms with Crippen molar-refractivity contribution in [2.24, 2.45) is 0 Å². The van der Waals surface area contributed by atoms with Crippen molar-refractivity contribution in [3.8, 4) is 5.75 Å². The number of benzene rings is 3. The molecule has 4 heteroatoms. The molecule has 0 unspecified atom stereocenters. The van der Waals surface area contributed by atoms with Crippen LogP contribution in [0, 0.1) is 13.0 Å². The molecule has 0 aliphatic heterocycles. The predicted octanol–water partition coefficient (Wildman–Crippen LogP) is 5.54. The zero-order chi connectivity index (χ0) is 18.4. The minimum atomic E-state index is -0.00195. The molecule has 0 aliphatic rings. The SMILES string of the molecule is Cc1ccccc1C(=O)c1ccccc1Nc1[c]c(OCCBr)ccc1. The second kappa shape index (κ2) is 8.68. The number of ether oxygens (including phenoxy) is 1. The van der Waals surface area contributed by atoms with Gasteiger partial charge in [0.1, 0.15) is 5.75 Å². The predicted molar refractivity (Wildman–Crippen MR) is 109 cm³/mol. The highest BCUT2D eigenvalue weighted by atomic mass is 79.9. The molecule has 0 saturated carbocycles. The Balaban J connectivity index is 1.88. The van der Waals surface area contributed by atoms with Gasteiger partial charge in [-0.1, -0.05) is 58.4 Å². The van der Waals surface area contributed by atoms with E-state index < -0.39 is 0 Å². The van der Waals surface area contributed by atoms with Gasteiger partial charge >= 0.3 is 0 Å². The Morgan fingerprint density at radius 3 is 2.50 bits per heavy atom. The lowest BCUT2D eigenvalue weighted by molar-refractivity contribution is 0.103. The summed E-state index contributed by atoms with van der Waals surface area (Å²) in [6.07, 6.45) is 0. The Bertz CT molecular complexity index is 908. The lowest BCUT2D eigenvalue weighted by Gasteiger charge is -2.13. The molecule has 0 amide bonds. The van der Waals surface area contributed by atoms with Crippen molar-refractivity contribution in [3.63, 3.8) is 0 Å². The van der Waals surface area contributed by atoms with E-state index in [2.05, 4.69) is 27.3 Å². The van der Waals surface area contributed by atoms with E-state index in [1.165, 1.54) is 0 Å². The lowest BCUT2D eigenvalue weighted by atomic mass is 9.98. The second-order valence-corrected chi connectivity index (χ2v) is 6.57. The third-order valence-electron chi connectivity index (χ3n) is 3.93. The van der Waals surface area contributed by atoms with Crippen molar-refractivity contribution in [2.45, 2.75) is 6.92 Å². The summed E-state index contributed by atoms with van der Waals surface area (Å²) < 4.78 is 5.59. The summed E-state index contributed by atoms with van der Waals surface area (Å²) in [4.78, 5) is 13.0. The van der Waals surface area contributed by atoms with Gasteiger partial charge < -0.3 is 10.1 Å². The molecule has 3 aromatic carbocycles. The van der Waals surface area contributed by atoms with Crippen molar-refractivity contribution < 1.29 is 9.53 Å². The van der Waals surface area contributed by atoms with Crippen LogP contribution in [0.3, 0.4) is 0 Å². The summed E-state index contributed by atoms with van der Waals surface area (Å²) in [6, 6.07) is 24.0. The van der Waals surface area contributed by atoms with Crippen molar-refractivity contribution in [1.29, 1.82) is 0 Å². The first-order valence-electron chi connectivity index (χ1n) is 8.36. The van der Waals surface area contributed by atoms with E-state index in [4.69, 9.17) is 4.74 Å². The maximum atomic E-state index is 13.0. The van der Waals surface area contributed by atoms with Crippen molar-refractivity contribution >= 4 is 33.1 Å². The fraction of sp³-hybridized carbons (Fsp3) is 0.136. The molecule has 0 aliphatic carbocycles. The first-order valence-corrected chi connectivity index (χ1v) is 9.48. The number of anilines is 2. The molecule has 1 radical (unpaired) electrons. The van der Waals surface area contributed by atoms with E-state index in [-0.39, 0.29) is 5.78 Å². The summed E-state index contributed by atoms with van der Waals surface area (Å²) in [5.74, 6) is 0.662. The molecule has 0 heterocycles. The van der Waals surface area contributed by atoms with Crippen LogP contribution in [0.2, 0.25) is 0 Å². The van der Waals surface area contributed by atoms with Crippen LogP contribution in [-0.2, 0) is 0 Å². The van der Waals surface area contributed by atoms with Gasteiger partial charge in [-0.3, -0.25) is 4.79 Å². The van der Waals surface area contributed by atoms with Crippen molar-refractivity contribution in [1.82, 2.24) is 0 Å². The highest BCUT2D eigenvalue weighted by Crippen LogP contribution is 2.26. The standard InChI is InChI=1S/C22H19BrNO2/c1-16-7-2-3-10-19(16)22(25)20-11-4-5-12-21(20)24-17-8-6-9-18(15-17)26-14-13-23/h2-12,24H,13-14H2,1H3. The molecular weight excluding hydrogens is 390 g/mol. The minimum Gasteiger partial charge on any atom is -0.492 e. The van der Waals surface area contributed by atoms with Gasteiger partial charge in [0.05, 0.1) is 18.4 Å². The van der Waals surface area contributed by atoms with E-state index in [1.54, 1.807) is 0 Å². The van der Waals surface area contributed by atoms with Crippen LogP contribution < -0.4 is 10.1 Å². The molecule has 3 aromatic rings. The van der Waals surface area contributed by atoms with E-state index in [0.717, 1.165) is 22.3 Å².